The van der Waals surface area contributed by atoms with Crippen LogP contribution in [-0.4, -0.2) is 27.5 Å². The van der Waals surface area contributed by atoms with Crippen molar-refractivity contribution in [2.24, 2.45) is 0 Å². The van der Waals surface area contributed by atoms with Crippen LogP contribution in [0.2, 0.25) is 0 Å². The van der Waals surface area contributed by atoms with Crippen molar-refractivity contribution >= 4 is 22.8 Å². The number of hydrogen-bond donors (Lipinski definition) is 1. The largest absolute Gasteiger partial charge is 0.460 e. The maximum Gasteiger partial charge on any atom is 0.374 e. The number of nitrogens with one attached hydrogen (secondary N) is 1. The Morgan fingerprint density at radius 3 is 2.96 bits per heavy atom. The second kappa shape index (κ2) is 6.43. The van der Waals surface area contributed by atoms with Crippen LogP contribution in [0.25, 0.3) is 11.0 Å². The minimum absolute atomic E-state index is 0.185. The maximum atomic E-state index is 11.6. The second-order valence-electron chi connectivity index (χ2n) is 4.88. The number of aryl methyl sites for hydroxylation is 1. The number of carbonyl (C=O) groups is 1. The van der Waals surface area contributed by atoms with Crippen molar-refractivity contribution in [1.29, 1.82) is 0 Å². The van der Waals surface area contributed by atoms with Gasteiger partial charge in [-0.1, -0.05) is 0 Å². The lowest BCUT2D eigenvalue weighted by atomic mass is 10.3. The molecule has 3 heterocycles. The van der Waals surface area contributed by atoms with E-state index in [-0.39, 0.29) is 5.76 Å². The van der Waals surface area contributed by atoms with Gasteiger partial charge in [-0.15, -0.1) is 0 Å². The van der Waals surface area contributed by atoms with E-state index >= 15 is 0 Å². The Balaban J connectivity index is 1.76. The van der Waals surface area contributed by atoms with Crippen molar-refractivity contribution in [3.8, 4) is 0 Å². The number of anilines is 1. The Bertz CT molecular complexity index is 844. The number of ether oxygens (including phenoxy) is 1. The summed E-state index contributed by atoms with van der Waals surface area (Å²) in [5, 5.41) is 3.16. The third-order valence-electron chi connectivity index (χ3n) is 3.19. The lowest BCUT2D eigenvalue weighted by molar-refractivity contribution is 0.0488. The van der Waals surface area contributed by atoms with Crippen molar-refractivity contribution in [3.63, 3.8) is 0 Å². The Morgan fingerprint density at radius 1 is 1.26 bits per heavy atom. The van der Waals surface area contributed by atoms with Crippen molar-refractivity contribution in [1.82, 2.24) is 15.0 Å². The van der Waals surface area contributed by atoms with Crippen LogP contribution in [0.5, 0.6) is 0 Å². The van der Waals surface area contributed by atoms with Gasteiger partial charge in [0.1, 0.15) is 17.6 Å². The Kier molecular flexibility index (Phi) is 4.18. The Morgan fingerprint density at radius 2 is 2.13 bits per heavy atom. The molecule has 0 unspecified atom stereocenters. The van der Waals surface area contributed by atoms with E-state index in [9.17, 15) is 4.79 Å². The van der Waals surface area contributed by atoms with Crippen LogP contribution in [0, 0.1) is 6.92 Å². The van der Waals surface area contributed by atoms with E-state index in [1.54, 1.807) is 19.1 Å². The molecule has 0 spiro atoms. The van der Waals surface area contributed by atoms with Crippen molar-refractivity contribution < 1.29 is 13.9 Å². The van der Waals surface area contributed by atoms with E-state index in [0.717, 1.165) is 11.2 Å². The monoisotopic (exact) mass is 312 g/mol. The van der Waals surface area contributed by atoms with Crippen molar-refractivity contribution in [2.75, 3.05) is 11.9 Å². The topological polar surface area (TPSA) is 90.1 Å². The van der Waals surface area contributed by atoms with Gasteiger partial charge in [0.25, 0.3) is 0 Å². The number of hydrogen-bond acceptors (Lipinski definition) is 7. The summed E-state index contributed by atoms with van der Waals surface area (Å²) < 4.78 is 10.3. The number of furan rings is 1. The molecule has 7 heteroatoms. The van der Waals surface area contributed by atoms with Gasteiger partial charge >= 0.3 is 5.97 Å². The van der Waals surface area contributed by atoms with Crippen LogP contribution >= 0.6 is 0 Å². The van der Waals surface area contributed by atoms with E-state index < -0.39 is 5.97 Å². The second-order valence-corrected chi connectivity index (χ2v) is 4.88. The normalized spacial score (nSPS) is 10.7. The van der Waals surface area contributed by atoms with Crippen molar-refractivity contribution in [3.05, 3.63) is 47.8 Å². The van der Waals surface area contributed by atoms with Crippen LogP contribution in [0.3, 0.4) is 0 Å². The number of fused-ring (bicyclic) bond motifs is 1. The van der Waals surface area contributed by atoms with Gasteiger partial charge in [0, 0.05) is 5.69 Å². The third kappa shape index (κ3) is 3.28. The molecule has 7 nitrogen and oxygen atoms in total. The van der Waals surface area contributed by atoms with E-state index in [0.29, 0.717) is 30.2 Å². The first-order valence-corrected chi connectivity index (χ1v) is 7.25. The Hall–Kier alpha value is -2.96. The molecule has 23 heavy (non-hydrogen) atoms. The lowest BCUT2D eigenvalue weighted by Gasteiger charge is -2.06. The quantitative estimate of drug-likeness (QED) is 0.724. The fourth-order valence-electron chi connectivity index (χ4n) is 2.12. The molecule has 0 saturated heterocycles. The molecule has 0 atom stereocenters. The molecule has 0 fully saturated rings. The summed E-state index contributed by atoms with van der Waals surface area (Å²) in [7, 11) is 0. The molecular formula is C16H16N4O3. The predicted octanol–water partition coefficient (Wildman–Crippen LogP) is 2.72. The number of nitrogens with zero attached hydrogens (tertiary/aromatic N) is 3. The van der Waals surface area contributed by atoms with Crippen molar-refractivity contribution in [2.45, 2.75) is 20.4 Å². The van der Waals surface area contributed by atoms with Crippen LogP contribution < -0.4 is 5.32 Å². The maximum absolute atomic E-state index is 11.6. The minimum Gasteiger partial charge on any atom is -0.460 e. The molecule has 0 saturated carbocycles. The molecule has 0 radical (unpaired) electrons. The zero-order valence-electron chi connectivity index (χ0n) is 12.9. The smallest absolute Gasteiger partial charge is 0.374 e. The van der Waals surface area contributed by atoms with Crippen LogP contribution in [-0.2, 0) is 11.3 Å². The van der Waals surface area contributed by atoms with E-state index in [4.69, 9.17) is 9.15 Å². The number of carbonyl (C=O) groups excluding carboxylic acids is 1. The average molecular weight is 312 g/mol. The van der Waals surface area contributed by atoms with Crippen LogP contribution in [0.1, 0.15) is 28.9 Å². The number of pyridine rings is 1. The van der Waals surface area contributed by atoms with E-state index in [1.807, 2.05) is 19.1 Å². The first-order valence-electron chi connectivity index (χ1n) is 7.25. The predicted molar refractivity (Wildman–Crippen MR) is 84.1 cm³/mol. The fourth-order valence-corrected chi connectivity index (χ4v) is 2.12. The fraction of sp³-hybridized carbons (Fsp3) is 0.250. The number of rotatable bonds is 5. The standard InChI is InChI=1S/C16H16N4O3/c1-3-22-16(21)13-7-5-11(23-13)8-17-15-14-12(18-9-19-15)6-4-10(2)20-14/h4-7,9H,3,8H2,1-2H3,(H,17,18,19). The molecular weight excluding hydrogens is 296 g/mol. The molecule has 3 aromatic heterocycles. The van der Waals surface area contributed by atoms with Gasteiger partial charge in [0.05, 0.1) is 18.7 Å². The van der Waals surface area contributed by atoms with Gasteiger partial charge in [-0.3, -0.25) is 0 Å². The summed E-state index contributed by atoms with van der Waals surface area (Å²) in [6.07, 6.45) is 1.48. The lowest BCUT2D eigenvalue weighted by Crippen LogP contribution is -2.04. The summed E-state index contributed by atoms with van der Waals surface area (Å²) in [6.45, 7) is 4.35. The number of esters is 1. The van der Waals surface area contributed by atoms with Gasteiger partial charge < -0.3 is 14.5 Å². The molecule has 3 aromatic rings. The van der Waals surface area contributed by atoms with Gasteiger partial charge in [0.2, 0.25) is 5.76 Å². The van der Waals surface area contributed by atoms with E-state index in [2.05, 4.69) is 20.3 Å². The van der Waals surface area contributed by atoms with E-state index in [1.165, 1.54) is 6.33 Å². The van der Waals surface area contributed by atoms with Gasteiger partial charge in [-0.25, -0.2) is 19.7 Å². The molecule has 0 bridgehead atoms. The van der Waals surface area contributed by atoms with Gasteiger partial charge in [0.15, 0.2) is 5.82 Å². The molecule has 0 aliphatic heterocycles. The highest BCUT2D eigenvalue weighted by molar-refractivity contribution is 5.86. The molecule has 1 N–H and O–H groups in total. The first-order chi connectivity index (χ1) is 11.2. The molecule has 0 aromatic carbocycles. The molecule has 3 rings (SSSR count). The first kappa shape index (κ1) is 15.0. The summed E-state index contributed by atoms with van der Waals surface area (Å²) >= 11 is 0. The molecule has 0 aliphatic carbocycles. The highest BCUT2D eigenvalue weighted by atomic mass is 16.5. The minimum atomic E-state index is -0.469. The van der Waals surface area contributed by atoms with Gasteiger partial charge in [-0.2, -0.15) is 0 Å². The SMILES string of the molecule is CCOC(=O)c1ccc(CNc2ncnc3ccc(C)nc23)o1. The number of aromatic nitrogens is 3. The molecule has 0 amide bonds. The summed E-state index contributed by atoms with van der Waals surface area (Å²) in [5.41, 5.74) is 2.35. The highest BCUT2D eigenvalue weighted by Gasteiger charge is 2.12. The van der Waals surface area contributed by atoms with Crippen LogP contribution in [0.4, 0.5) is 5.82 Å². The Labute approximate surface area is 132 Å². The van der Waals surface area contributed by atoms with Gasteiger partial charge in [-0.05, 0) is 38.1 Å². The zero-order valence-corrected chi connectivity index (χ0v) is 12.9. The summed E-state index contributed by atoms with van der Waals surface area (Å²) in [5.74, 6) is 0.939. The third-order valence-corrected chi connectivity index (χ3v) is 3.19. The summed E-state index contributed by atoms with van der Waals surface area (Å²) in [4.78, 5) is 24.4. The summed E-state index contributed by atoms with van der Waals surface area (Å²) in [6, 6.07) is 7.12. The molecule has 118 valence electrons. The molecule has 0 aliphatic rings. The average Bonchev–Trinajstić information content (AvgIpc) is 3.02. The highest BCUT2D eigenvalue weighted by Crippen LogP contribution is 2.18. The van der Waals surface area contributed by atoms with Crippen LogP contribution in [0.15, 0.2) is 35.0 Å². The zero-order chi connectivity index (χ0) is 16.2.